The summed E-state index contributed by atoms with van der Waals surface area (Å²) in [6, 6.07) is 3.70. The van der Waals surface area contributed by atoms with Crippen molar-refractivity contribution < 1.29 is 18.3 Å². The van der Waals surface area contributed by atoms with Crippen LogP contribution in [0.25, 0.3) is 0 Å². The summed E-state index contributed by atoms with van der Waals surface area (Å²) in [7, 11) is 1.18. The molecular weight excluding hydrogens is 202 g/mol. The van der Waals surface area contributed by atoms with E-state index in [0.29, 0.717) is 0 Å². The van der Waals surface area contributed by atoms with Crippen LogP contribution in [0.2, 0.25) is 0 Å². The Hall–Kier alpha value is -1.89. The Balaban J connectivity index is 3.23. The molecule has 0 atom stereocenters. The fourth-order valence-corrected chi connectivity index (χ4v) is 1.12. The van der Waals surface area contributed by atoms with E-state index in [4.69, 9.17) is 6.42 Å². The molecule has 2 nitrogen and oxygen atoms in total. The van der Waals surface area contributed by atoms with Crippen molar-refractivity contribution in [3.8, 4) is 12.3 Å². The highest BCUT2D eigenvalue weighted by molar-refractivity contribution is 5.89. The SMILES string of the molecule is C#Cc1ccc(C(=O)OC)cc1C(F)F. The molecule has 15 heavy (non-hydrogen) atoms. The second-order valence-electron chi connectivity index (χ2n) is 2.74. The van der Waals surface area contributed by atoms with Crippen LogP contribution in [-0.2, 0) is 4.74 Å². The third-order valence-electron chi connectivity index (χ3n) is 1.86. The normalized spacial score (nSPS) is 9.80. The highest BCUT2D eigenvalue weighted by atomic mass is 19.3. The molecule has 0 fully saturated rings. The predicted octanol–water partition coefficient (Wildman–Crippen LogP) is 2.39. The molecule has 78 valence electrons. The molecule has 1 rings (SSSR count). The first-order valence-corrected chi connectivity index (χ1v) is 4.07. The number of esters is 1. The molecule has 0 aliphatic heterocycles. The standard InChI is InChI=1S/C11H8F2O2/c1-3-7-4-5-8(11(14)15-2)6-9(7)10(12)13/h1,4-6,10H,2H3. The number of ether oxygens (including phenoxy) is 1. The first-order chi connectivity index (χ1) is 7.10. The molecule has 0 aromatic heterocycles. The van der Waals surface area contributed by atoms with Crippen LogP contribution in [-0.4, -0.2) is 13.1 Å². The van der Waals surface area contributed by atoms with Gasteiger partial charge in [-0.3, -0.25) is 0 Å². The summed E-state index contributed by atoms with van der Waals surface area (Å²) in [6.07, 6.45) is 2.34. The molecule has 0 radical (unpaired) electrons. The van der Waals surface area contributed by atoms with Gasteiger partial charge in [-0.05, 0) is 18.2 Å². The van der Waals surface area contributed by atoms with E-state index in [1.54, 1.807) is 0 Å². The lowest BCUT2D eigenvalue weighted by atomic mass is 10.0. The summed E-state index contributed by atoms with van der Waals surface area (Å²) in [5.41, 5.74) is -0.190. The zero-order chi connectivity index (χ0) is 11.4. The van der Waals surface area contributed by atoms with E-state index in [2.05, 4.69) is 10.7 Å². The number of methoxy groups -OCH3 is 1. The first kappa shape index (κ1) is 11.2. The average Bonchev–Trinajstić information content (AvgIpc) is 2.27. The van der Waals surface area contributed by atoms with Crippen molar-refractivity contribution in [1.29, 1.82) is 0 Å². The highest BCUT2D eigenvalue weighted by Crippen LogP contribution is 2.23. The second-order valence-corrected chi connectivity index (χ2v) is 2.74. The summed E-state index contributed by atoms with van der Waals surface area (Å²) >= 11 is 0. The molecule has 1 aromatic carbocycles. The molecule has 0 bridgehead atoms. The molecule has 0 saturated heterocycles. The largest absolute Gasteiger partial charge is 0.465 e. The zero-order valence-electron chi connectivity index (χ0n) is 7.96. The van der Waals surface area contributed by atoms with Gasteiger partial charge >= 0.3 is 5.97 Å². The van der Waals surface area contributed by atoms with Crippen LogP contribution in [0.3, 0.4) is 0 Å². The van der Waals surface area contributed by atoms with Gasteiger partial charge < -0.3 is 4.74 Å². The quantitative estimate of drug-likeness (QED) is 0.553. The smallest absolute Gasteiger partial charge is 0.337 e. The maximum absolute atomic E-state index is 12.5. The van der Waals surface area contributed by atoms with E-state index in [9.17, 15) is 13.6 Å². The van der Waals surface area contributed by atoms with Crippen molar-refractivity contribution in [3.63, 3.8) is 0 Å². The maximum Gasteiger partial charge on any atom is 0.337 e. The van der Waals surface area contributed by atoms with Crippen LogP contribution in [0, 0.1) is 12.3 Å². The Morgan fingerprint density at radius 1 is 1.53 bits per heavy atom. The van der Waals surface area contributed by atoms with E-state index in [1.807, 2.05) is 0 Å². The number of hydrogen-bond donors (Lipinski definition) is 0. The lowest BCUT2D eigenvalue weighted by Gasteiger charge is -2.05. The molecular formula is C11H8F2O2. The Bertz CT molecular complexity index is 419. The Labute approximate surface area is 85.9 Å². The predicted molar refractivity (Wildman–Crippen MR) is 50.7 cm³/mol. The van der Waals surface area contributed by atoms with Gasteiger partial charge in [0.2, 0.25) is 0 Å². The van der Waals surface area contributed by atoms with Gasteiger partial charge in [-0.25, -0.2) is 13.6 Å². The third-order valence-corrected chi connectivity index (χ3v) is 1.86. The first-order valence-electron chi connectivity index (χ1n) is 4.07. The molecule has 0 heterocycles. The van der Waals surface area contributed by atoms with Gasteiger partial charge in [0.05, 0.1) is 12.7 Å². The summed E-state index contributed by atoms with van der Waals surface area (Å²) in [5, 5.41) is 0. The summed E-state index contributed by atoms with van der Waals surface area (Å²) in [5.74, 6) is 1.46. The Morgan fingerprint density at radius 2 is 2.20 bits per heavy atom. The van der Waals surface area contributed by atoms with Gasteiger partial charge in [0.15, 0.2) is 0 Å². The van der Waals surface area contributed by atoms with Gasteiger partial charge in [-0.2, -0.15) is 0 Å². The van der Waals surface area contributed by atoms with E-state index < -0.39 is 12.4 Å². The van der Waals surface area contributed by atoms with E-state index >= 15 is 0 Å². The summed E-state index contributed by atoms with van der Waals surface area (Å²) in [6.45, 7) is 0. The fraction of sp³-hybridized carbons (Fsp3) is 0.182. The number of halogens is 2. The molecule has 0 aliphatic rings. The molecule has 4 heteroatoms. The monoisotopic (exact) mass is 210 g/mol. The number of alkyl halides is 2. The van der Waals surface area contributed by atoms with Crippen molar-refractivity contribution in [2.24, 2.45) is 0 Å². The van der Waals surface area contributed by atoms with Crippen LogP contribution in [0.1, 0.15) is 27.9 Å². The van der Waals surface area contributed by atoms with Crippen LogP contribution >= 0.6 is 0 Å². The number of carbonyl (C=O) groups excluding carboxylic acids is 1. The van der Waals surface area contributed by atoms with Crippen LogP contribution in [0.4, 0.5) is 8.78 Å². The van der Waals surface area contributed by atoms with Gasteiger partial charge in [-0.1, -0.05) is 5.92 Å². The topological polar surface area (TPSA) is 26.3 Å². The minimum atomic E-state index is -2.71. The second kappa shape index (κ2) is 4.56. The van der Waals surface area contributed by atoms with Crippen LogP contribution in [0.5, 0.6) is 0 Å². The number of terminal acetylenes is 1. The summed E-state index contributed by atoms with van der Waals surface area (Å²) < 4.78 is 29.4. The van der Waals surface area contributed by atoms with Gasteiger partial charge in [0, 0.05) is 11.1 Å². The minimum absolute atomic E-state index is 0.0619. The number of benzene rings is 1. The van der Waals surface area contributed by atoms with Gasteiger partial charge in [-0.15, -0.1) is 6.42 Å². The number of rotatable bonds is 2. The van der Waals surface area contributed by atoms with E-state index in [0.717, 1.165) is 6.07 Å². The zero-order valence-corrected chi connectivity index (χ0v) is 7.96. The molecule has 0 amide bonds. The molecule has 0 saturated carbocycles. The lowest BCUT2D eigenvalue weighted by Crippen LogP contribution is -2.03. The van der Waals surface area contributed by atoms with Gasteiger partial charge in [0.25, 0.3) is 6.43 Å². The highest BCUT2D eigenvalue weighted by Gasteiger charge is 2.15. The molecule has 0 aliphatic carbocycles. The molecule has 0 spiro atoms. The lowest BCUT2D eigenvalue weighted by molar-refractivity contribution is 0.0600. The number of hydrogen-bond acceptors (Lipinski definition) is 2. The third kappa shape index (κ3) is 2.32. The van der Waals surface area contributed by atoms with E-state index in [-0.39, 0.29) is 16.7 Å². The maximum atomic E-state index is 12.5. The molecule has 1 aromatic rings. The summed E-state index contributed by atoms with van der Waals surface area (Å²) in [4.78, 5) is 11.1. The van der Waals surface area contributed by atoms with Crippen molar-refractivity contribution in [2.75, 3.05) is 7.11 Å². The van der Waals surface area contributed by atoms with Crippen molar-refractivity contribution in [3.05, 3.63) is 34.9 Å². The minimum Gasteiger partial charge on any atom is -0.465 e. The van der Waals surface area contributed by atoms with Crippen molar-refractivity contribution in [2.45, 2.75) is 6.43 Å². The number of carbonyl (C=O) groups is 1. The van der Waals surface area contributed by atoms with Crippen LogP contribution < -0.4 is 0 Å². The Morgan fingerprint density at radius 3 is 2.67 bits per heavy atom. The van der Waals surface area contributed by atoms with Gasteiger partial charge in [0.1, 0.15) is 0 Å². The van der Waals surface area contributed by atoms with Crippen molar-refractivity contribution >= 4 is 5.97 Å². The van der Waals surface area contributed by atoms with Crippen molar-refractivity contribution in [1.82, 2.24) is 0 Å². The average molecular weight is 210 g/mol. The van der Waals surface area contributed by atoms with E-state index in [1.165, 1.54) is 19.2 Å². The Kier molecular flexibility index (Phi) is 3.40. The molecule has 0 N–H and O–H groups in total. The van der Waals surface area contributed by atoms with Crippen LogP contribution in [0.15, 0.2) is 18.2 Å². The fourth-order valence-electron chi connectivity index (χ4n) is 1.12. The molecule has 0 unspecified atom stereocenters.